The van der Waals surface area contributed by atoms with Gasteiger partial charge < -0.3 is 18.8 Å². The minimum Gasteiger partial charge on any atom is -0.337 e. The molecule has 2 amide bonds. The van der Waals surface area contributed by atoms with E-state index < -0.39 is 0 Å². The van der Waals surface area contributed by atoms with E-state index >= 15 is 0 Å². The van der Waals surface area contributed by atoms with E-state index in [1.54, 1.807) is 24.5 Å². The molecule has 1 aliphatic rings. The van der Waals surface area contributed by atoms with Crippen molar-refractivity contribution < 1.29 is 9.59 Å². The van der Waals surface area contributed by atoms with Crippen LogP contribution in [0.25, 0.3) is 16.7 Å². The number of carbonyl (C=O) groups excluding carboxylic acids is 2. The van der Waals surface area contributed by atoms with E-state index in [1.807, 2.05) is 58.8 Å². The van der Waals surface area contributed by atoms with Gasteiger partial charge in [0.2, 0.25) is 11.9 Å². The van der Waals surface area contributed by atoms with Crippen LogP contribution in [0.15, 0.2) is 61.1 Å². The fourth-order valence-electron chi connectivity index (χ4n) is 4.99. The highest BCUT2D eigenvalue weighted by atomic mass is 16.2. The van der Waals surface area contributed by atoms with Crippen LogP contribution in [0.2, 0.25) is 0 Å². The maximum Gasteiger partial charge on any atom is 0.259 e. The van der Waals surface area contributed by atoms with Gasteiger partial charge in [0.15, 0.2) is 0 Å². The summed E-state index contributed by atoms with van der Waals surface area (Å²) >= 11 is 0. The van der Waals surface area contributed by atoms with Gasteiger partial charge in [-0.2, -0.15) is 0 Å². The van der Waals surface area contributed by atoms with Gasteiger partial charge in [0.05, 0.1) is 22.6 Å². The zero-order chi connectivity index (χ0) is 25.9. The highest BCUT2D eigenvalue weighted by molar-refractivity contribution is 6.04. The van der Waals surface area contributed by atoms with Gasteiger partial charge in [-0.1, -0.05) is 18.2 Å². The lowest BCUT2D eigenvalue weighted by Gasteiger charge is -2.26. The third kappa shape index (κ3) is 5.27. The van der Waals surface area contributed by atoms with E-state index in [-0.39, 0.29) is 17.9 Å². The lowest BCUT2D eigenvalue weighted by molar-refractivity contribution is -0.126. The van der Waals surface area contributed by atoms with E-state index in [1.165, 1.54) is 0 Å². The van der Waals surface area contributed by atoms with Crippen molar-refractivity contribution in [2.45, 2.75) is 32.2 Å². The standard InChI is InChI=1S/C28H33N7O2/c1-20-8-6-10-23-26(20)35(22-9-4-5-16-34(19-22)25(36)11-7-15-32(2)3)28(30-23)31-27(37)21-12-13-24-29-14-17-33(24)18-21/h6-8,10-14,17-18,22H,4-5,9,15-16,19H2,1-3H3,(H,30,31,37). The number of fused-ring (bicyclic) bond motifs is 2. The lowest BCUT2D eigenvalue weighted by Crippen LogP contribution is -2.35. The Morgan fingerprint density at radius 2 is 2.05 bits per heavy atom. The molecule has 0 bridgehead atoms. The maximum absolute atomic E-state index is 13.3. The van der Waals surface area contributed by atoms with E-state index in [9.17, 15) is 9.59 Å². The fourth-order valence-corrected chi connectivity index (χ4v) is 4.99. The molecule has 1 fully saturated rings. The van der Waals surface area contributed by atoms with E-state index in [0.29, 0.717) is 18.1 Å². The van der Waals surface area contributed by atoms with Crippen LogP contribution in [-0.2, 0) is 4.79 Å². The second-order valence-electron chi connectivity index (χ2n) is 9.91. The van der Waals surface area contributed by atoms with Gasteiger partial charge in [-0.3, -0.25) is 14.9 Å². The van der Waals surface area contributed by atoms with Crippen molar-refractivity contribution >= 4 is 34.4 Å². The van der Waals surface area contributed by atoms with Crippen LogP contribution in [-0.4, -0.2) is 74.3 Å². The number of carbonyl (C=O) groups is 2. The number of likely N-dealkylation sites (N-methyl/N-ethyl adjacent to an activating group) is 1. The molecule has 1 aliphatic heterocycles. The zero-order valence-electron chi connectivity index (χ0n) is 21.6. The minimum atomic E-state index is -0.238. The van der Waals surface area contributed by atoms with E-state index in [4.69, 9.17) is 4.98 Å². The zero-order valence-corrected chi connectivity index (χ0v) is 21.6. The van der Waals surface area contributed by atoms with Gasteiger partial charge in [-0.05, 0) is 64.0 Å². The number of amides is 2. The molecule has 1 aromatic carbocycles. The first kappa shape index (κ1) is 24.7. The highest BCUT2D eigenvalue weighted by Crippen LogP contribution is 2.32. The molecule has 9 nitrogen and oxygen atoms in total. The molecule has 1 atom stereocenters. The Labute approximate surface area is 216 Å². The first-order valence-electron chi connectivity index (χ1n) is 12.7. The van der Waals surface area contributed by atoms with Crippen LogP contribution in [0.4, 0.5) is 5.95 Å². The normalized spacial score (nSPS) is 16.6. The number of rotatable bonds is 6. The molecule has 1 saturated heterocycles. The first-order valence-corrected chi connectivity index (χ1v) is 12.7. The van der Waals surface area contributed by atoms with E-state index in [0.717, 1.165) is 54.6 Å². The highest BCUT2D eigenvalue weighted by Gasteiger charge is 2.27. The molecule has 0 aliphatic carbocycles. The lowest BCUT2D eigenvalue weighted by atomic mass is 10.1. The van der Waals surface area contributed by atoms with Crippen molar-refractivity contribution in [1.82, 2.24) is 28.7 Å². The smallest absolute Gasteiger partial charge is 0.259 e. The Bertz CT molecular complexity index is 1470. The van der Waals surface area contributed by atoms with Crippen molar-refractivity contribution in [3.05, 3.63) is 72.2 Å². The van der Waals surface area contributed by atoms with Crippen LogP contribution < -0.4 is 5.32 Å². The number of aromatic nitrogens is 4. The number of aryl methyl sites for hydroxylation is 1. The summed E-state index contributed by atoms with van der Waals surface area (Å²) in [5.74, 6) is 0.287. The Morgan fingerprint density at radius 1 is 1.19 bits per heavy atom. The van der Waals surface area contributed by atoms with Crippen LogP contribution in [0.1, 0.15) is 41.2 Å². The number of likely N-dealkylation sites (tertiary alicyclic amines) is 1. The predicted octanol–water partition coefficient (Wildman–Crippen LogP) is 3.92. The van der Waals surface area contributed by atoms with Crippen molar-refractivity contribution in [3.8, 4) is 0 Å². The molecule has 5 rings (SSSR count). The number of anilines is 1. The molecular formula is C28H33N7O2. The quantitative estimate of drug-likeness (QED) is 0.407. The van der Waals surface area contributed by atoms with Crippen molar-refractivity contribution in [3.63, 3.8) is 0 Å². The van der Waals surface area contributed by atoms with Gasteiger partial charge >= 0.3 is 0 Å². The van der Waals surface area contributed by atoms with Gasteiger partial charge in [0.25, 0.3) is 5.91 Å². The summed E-state index contributed by atoms with van der Waals surface area (Å²) in [7, 11) is 3.96. The molecule has 37 heavy (non-hydrogen) atoms. The molecule has 0 radical (unpaired) electrons. The molecular weight excluding hydrogens is 466 g/mol. The number of nitrogens with zero attached hydrogens (tertiary/aromatic N) is 6. The second-order valence-corrected chi connectivity index (χ2v) is 9.91. The molecule has 9 heteroatoms. The number of para-hydroxylation sites is 1. The molecule has 3 aromatic heterocycles. The summed E-state index contributed by atoms with van der Waals surface area (Å²) < 4.78 is 3.95. The number of benzene rings is 1. The summed E-state index contributed by atoms with van der Waals surface area (Å²) in [6.07, 6.45) is 11.7. The molecule has 0 spiro atoms. The van der Waals surface area contributed by atoms with Crippen LogP contribution in [0.3, 0.4) is 0 Å². The van der Waals surface area contributed by atoms with Gasteiger partial charge in [-0.25, -0.2) is 9.97 Å². The second kappa shape index (κ2) is 10.6. The topological polar surface area (TPSA) is 87.8 Å². The van der Waals surface area contributed by atoms with Crippen molar-refractivity contribution in [2.24, 2.45) is 0 Å². The average molecular weight is 500 g/mol. The number of hydrogen-bond donors (Lipinski definition) is 1. The Hall–Kier alpha value is -3.98. The largest absolute Gasteiger partial charge is 0.337 e. The molecule has 1 unspecified atom stereocenters. The van der Waals surface area contributed by atoms with Gasteiger partial charge in [-0.15, -0.1) is 0 Å². The summed E-state index contributed by atoms with van der Waals surface area (Å²) in [4.78, 5) is 39.4. The molecule has 4 heterocycles. The number of pyridine rings is 1. The molecule has 0 saturated carbocycles. The third-order valence-electron chi connectivity index (χ3n) is 6.84. The number of imidazole rings is 2. The van der Waals surface area contributed by atoms with E-state index in [2.05, 4.69) is 27.9 Å². The predicted molar refractivity (Wildman–Crippen MR) is 145 cm³/mol. The van der Waals surface area contributed by atoms with Crippen LogP contribution >= 0.6 is 0 Å². The number of hydrogen-bond acceptors (Lipinski definition) is 5. The summed E-state index contributed by atoms with van der Waals surface area (Å²) in [5.41, 5.74) is 4.20. The molecule has 192 valence electrons. The van der Waals surface area contributed by atoms with Crippen molar-refractivity contribution in [1.29, 1.82) is 0 Å². The van der Waals surface area contributed by atoms with Crippen LogP contribution in [0.5, 0.6) is 0 Å². The Balaban J connectivity index is 1.47. The third-order valence-corrected chi connectivity index (χ3v) is 6.84. The minimum absolute atomic E-state index is 0.00812. The fraction of sp³-hybridized carbons (Fsp3) is 0.357. The number of nitrogens with one attached hydrogen (secondary N) is 1. The van der Waals surface area contributed by atoms with Gasteiger partial charge in [0, 0.05) is 44.3 Å². The summed E-state index contributed by atoms with van der Waals surface area (Å²) in [6, 6.07) is 9.58. The van der Waals surface area contributed by atoms with Gasteiger partial charge in [0.1, 0.15) is 5.65 Å². The Kier molecular flexibility index (Phi) is 7.05. The average Bonchev–Trinajstić information content (AvgIpc) is 3.40. The summed E-state index contributed by atoms with van der Waals surface area (Å²) in [6.45, 7) is 4.06. The van der Waals surface area contributed by atoms with Crippen molar-refractivity contribution in [2.75, 3.05) is 39.0 Å². The molecule has 4 aromatic rings. The summed E-state index contributed by atoms with van der Waals surface area (Å²) in [5, 5.41) is 3.07. The maximum atomic E-state index is 13.3. The Morgan fingerprint density at radius 3 is 2.89 bits per heavy atom. The first-order chi connectivity index (χ1) is 17.9. The molecule has 1 N–H and O–H groups in total. The monoisotopic (exact) mass is 499 g/mol. The SMILES string of the molecule is Cc1cccc2nc(NC(=O)c3ccc4nccn4c3)n(C3CCCCN(C(=O)C=CCN(C)C)C3)c12. The van der Waals surface area contributed by atoms with Crippen LogP contribution in [0, 0.1) is 6.92 Å².